The van der Waals surface area contributed by atoms with Gasteiger partial charge < -0.3 is 4.90 Å². The monoisotopic (exact) mass is 219 g/mol. The molecule has 1 fully saturated rings. The lowest BCUT2D eigenvalue weighted by atomic mass is 10.2. The summed E-state index contributed by atoms with van der Waals surface area (Å²) in [4.78, 5) is 21.8. The molecule has 4 heteroatoms. The first-order valence-corrected chi connectivity index (χ1v) is 5.80. The lowest BCUT2D eigenvalue weighted by Gasteiger charge is -2.17. The standard InChI is InChI=1S/C12H17N3O/c1-9(2)12-13-10(8-16)7-11(14-12)15-5-3-4-6-15/h7-9H,3-6H2,1-2H3. The van der Waals surface area contributed by atoms with Crippen LogP contribution in [0.2, 0.25) is 0 Å². The maximum Gasteiger partial charge on any atom is 0.168 e. The van der Waals surface area contributed by atoms with E-state index in [4.69, 9.17) is 0 Å². The zero-order chi connectivity index (χ0) is 11.5. The normalized spacial score (nSPS) is 15.8. The van der Waals surface area contributed by atoms with Crippen LogP contribution >= 0.6 is 0 Å². The Labute approximate surface area is 95.7 Å². The minimum atomic E-state index is 0.251. The Bertz CT molecular complexity index is 384. The van der Waals surface area contributed by atoms with Gasteiger partial charge in [-0.1, -0.05) is 13.8 Å². The van der Waals surface area contributed by atoms with Gasteiger partial charge in [-0.3, -0.25) is 4.79 Å². The summed E-state index contributed by atoms with van der Waals surface area (Å²) in [6.07, 6.45) is 3.21. The van der Waals surface area contributed by atoms with Crippen molar-refractivity contribution in [2.75, 3.05) is 18.0 Å². The molecule has 0 radical (unpaired) electrons. The topological polar surface area (TPSA) is 46.1 Å². The van der Waals surface area contributed by atoms with Gasteiger partial charge in [0, 0.05) is 25.1 Å². The van der Waals surface area contributed by atoms with Gasteiger partial charge in [0.1, 0.15) is 17.3 Å². The summed E-state index contributed by atoms with van der Waals surface area (Å²) in [5, 5.41) is 0. The quantitative estimate of drug-likeness (QED) is 0.729. The average molecular weight is 219 g/mol. The summed E-state index contributed by atoms with van der Waals surface area (Å²) in [6, 6.07) is 1.78. The maximum atomic E-state index is 10.8. The molecule has 0 unspecified atom stereocenters. The number of anilines is 1. The van der Waals surface area contributed by atoms with Gasteiger partial charge >= 0.3 is 0 Å². The summed E-state index contributed by atoms with van der Waals surface area (Å²) in [6.45, 7) is 6.15. The van der Waals surface area contributed by atoms with Crippen molar-refractivity contribution >= 4 is 12.1 Å². The third-order valence-corrected chi connectivity index (χ3v) is 2.82. The van der Waals surface area contributed by atoms with Gasteiger partial charge in [-0.25, -0.2) is 9.97 Å². The number of carbonyl (C=O) groups excluding carboxylic acids is 1. The molecule has 16 heavy (non-hydrogen) atoms. The Kier molecular flexibility index (Phi) is 3.17. The zero-order valence-electron chi connectivity index (χ0n) is 9.81. The van der Waals surface area contributed by atoms with Crippen LogP contribution in [0, 0.1) is 0 Å². The molecule has 86 valence electrons. The van der Waals surface area contributed by atoms with Gasteiger partial charge in [-0.15, -0.1) is 0 Å². The molecule has 4 nitrogen and oxygen atoms in total. The third-order valence-electron chi connectivity index (χ3n) is 2.82. The Morgan fingerprint density at radius 2 is 2.00 bits per heavy atom. The van der Waals surface area contributed by atoms with Crippen molar-refractivity contribution in [1.82, 2.24) is 9.97 Å². The summed E-state index contributed by atoms with van der Waals surface area (Å²) >= 11 is 0. The number of aldehydes is 1. The number of rotatable bonds is 3. The van der Waals surface area contributed by atoms with Crippen molar-refractivity contribution in [2.45, 2.75) is 32.6 Å². The van der Waals surface area contributed by atoms with Crippen LogP contribution in [-0.2, 0) is 0 Å². The Morgan fingerprint density at radius 1 is 1.31 bits per heavy atom. The van der Waals surface area contributed by atoms with Crippen molar-refractivity contribution in [3.8, 4) is 0 Å². The average Bonchev–Trinajstić information content (AvgIpc) is 2.81. The summed E-state index contributed by atoms with van der Waals surface area (Å²) in [7, 11) is 0. The number of hydrogen-bond acceptors (Lipinski definition) is 4. The van der Waals surface area contributed by atoms with Crippen LogP contribution in [0.1, 0.15) is 48.9 Å². The second kappa shape index (κ2) is 4.60. The van der Waals surface area contributed by atoms with Gasteiger partial charge in [-0.2, -0.15) is 0 Å². The van der Waals surface area contributed by atoms with E-state index in [9.17, 15) is 4.79 Å². The van der Waals surface area contributed by atoms with Crippen molar-refractivity contribution in [3.05, 3.63) is 17.6 Å². The lowest BCUT2D eigenvalue weighted by molar-refractivity contribution is 0.111. The molecule has 0 spiro atoms. The van der Waals surface area contributed by atoms with Crippen LogP contribution < -0.4 is 4.90 Å². The highest BCUT2D eigenvalue weighted by Crippen LogP contribution is 2.20. The first-order valence-electron chi connectivity index (χ1n) is 5.80. The highest BCUT2D eigenvalue weighted by atomic mass is 16.1. The predicted octanol–water partition coefficient (Wildman–Crippen LogP) is 2.01. The molecule has 2 heterocycles. The highest BCUT2D eigenvalue weighted by Gasteiger charge is 2.16. The molecule has 1 aliphatic heterocycles. The zero-order valence-corrected chi connectivity index (χ0v) is 9.81. The number of aromatic nitrogens is 2. The van der Waals surface area contributed by atoms with Crippen LogP contribution in [-0.4, -0.2) is 29.3 Å². The molecule has 1 aromatic rings. The summed E-state index contributed by atoms with van der Waals surface area (Å²) in [5.74, 6) is 1.91. The molecule has 0 saturated carbocycles. The predicted molar refractivity (Wildman–Crippen MR) is 63.0 cm³/mol. The van der Waals surface area contributed by atoms with Crippen LogP contribution in [0.3, 0.4) is 0 Å². The third kappa shape index (κ3) is 2.21. The van der Waals surface area contributed by atoms with E-state index in [1.165, 1.54) is 12.8 Å². The fourth-order valence-corrected chi connectivity index (χ4v) is 1.90. The van der Waals surface area contributed by atoms with Crippen LogP contribution in [0.25, 0.3) is 0 Å². The van der Waals surface area contributed by atoms with Crippen molar-refractivity contribution in [1.29, 1.82) is 0 Å². The molecule has 1 aromatic heterocycles. The smallest absolute Gasteiger partial charge is 0.168 e. The van der Waals surface area contributed by atoms with E-state index >= 15 is 0 Å². The van der Waals surface area contributed by atoms with Gasteiger partial charge in [-0.05, 0) is 12.8 Å². The van der Waals surface area contributed by atoms with E-state index in [-0.39, 0.29) is 5.92 Å². The first-order chi connectivity index (χ1) is 7.70. The van der Waals surface area contributed by atoms with Crippen molar-refractivity contribution < 1.29 is 4.79 Å². The SMILES string of the molecule is CC(C)c1nc(C=O)cc(N2CCCC2)n1. The molecular formula is C12H17N3O. The molecule has 0 atom stereocenters. The molecule has 0 N–H and O–H groups in total. The van der Waals surface area contributed by atoms with Crippen LogP contribution in [0.4, 0.5) is 5.82 Å². The number of nitrogens with zero attached hydrogens (tertiary/aromatic N) is 3. The van der Waals surface area contributed by atoms with E-state index in [1.54, 1.807) is 6.07 Å². The van der Waals surface area contributed by atoms with Gasteiger partial charge in [0.05, 0.1) is 0 Å². The lowest BCUT2D eigenvalue weighted by Crippen LogP contribution is -2.20. The second-order valence-electron chi connectivity index (χ2n) is 4.48. The summed E-state index contributed by atoms with van der Waals surface area (Å²) < 4.78 is 0. The molecule has 1 aliphatic rings. The highest BCUT2D eigenvalue weighted by molar-refractivity contribution is 5.73. The fourth-order valence-electron chi connectivity index (χ4n) is 1.90. The largest absolute Gasteiger partial charge is 0.356 e. The van der Waals surface area contributed by atoms with Crippen LogP contribution in [0.15, 0.2) is 6.07 Å². The van der Waals surface area contributed by atoms with E-state index < -0.39 is 0 Å². The molecule has 0 aromatic carbocycles. The Hall–Kier alpha value is -1.45. The fraction of sp³-hybridized carbons (Fsp3) is 0.583. The van der Waals surface area contributed by atoms with E-state index in [2.05, 4.69) is 14.9 Å². The first kappa shape index (κ1) is 11.0. The van der Waals surface area contributed by atoms with E-state index in [0.717, 1.165) is 31.0 Å². The van der Waals surface area contributed by atoms with Gasteiger partial charge in [0.15, 0.2) is 6.29 Å². The Balaban J connectivity index is 2.35. The number of carbonyl (C=O) groups is 1. The molecule has 2 rings (SSSR count). The van der Waals surface area contributed by atoms with Crippen molar-refractivity contribution in [3.63, 3.8) is 0 Å². The molecule has 0 amide bonds. The minimum absolute atomic E-state index is 0.251. The Morgan fingerprint density at radius 3 is 2.56 bits per heavy atom. The second-order valence-corrected chi connectivity index (χ2v) is 4.48. The minimum Gasteiger partial charge on any atom is -0.356 e. The molecular weight excluding hydrogens is 202 g/mol. The van der Waals surface area contributed by atoms with E-state index in [0.29, 0.717) is 5.69 Å². The van der Waals surface area contributed by atoms with Crippen molar-refractivity contribution in [2.24, 2.45) is 0 Å². The molecule has 0 aliphatic carbocycles. The van der Waals surface area contributed by atoms with E-state index in [1.807, 2.05) is 13.8 Å². The van der Waals surface area contributed by atoms with Gasteiger partial charge in [0.2, 0.25) is 0 Å². The molecule has 0 bridgehead atoms. The molecule has 1 saturated heterocycles. The maximum absolute atomic E-state index is 10.8. The van der Waals surface area contributed by atoms with Gasteiger partial charge in [0.25, 0.3) is 0 Å². The van der Waals surface area contributed by atoms with Crippen LogP contribution in [0.5, 0.6) is 0 Å². The summed E-state index contributed by atoms with van der Waals surface area (Å²) in [5.41, 5.74) is 0.487. The number of hydrogen-bond donors (Lipinski definition) is 0.